The lowest BCUT2D eigenvalue weighted by molar-refractivity contribution is -0.146. The third kappa shape index (κ3) is 7.80. The quantitative estimate of drug-likeness (QED) is 0.171. The van der Waals surface area contributed by atoms with Crippen molar-refractivity contribution >= 4 is 11.9 Å². The van der Waals surface area contributed by atoms with Gasteiger partial charge in [0.05, 0.1) is 13.2 Å². The van der Waals surface area contributed by atoms with Gasteiger partial charge in [0.25, 0.3) is 0 Å². The lowest BCUT2D eigenvalue weighted by Crippen LogP contribution is -2.17. The molecule has 1 aliphatic carbocycles. The van der Waals surface area contributed by atoms with E-state index in [1.165, 1.54) is 0 Å². The lowest BCUT2D eigenvalue weighted by atomic mass is 9.91. The number of esters is 2. The molecule has 5 rings (SSSR count). The molecule has 1 aliphatic rings. The molecule has 0 saturated heterocycles. The van der Waals surface area contributed by atoms with Gasteiger partial charge >= 0.3 is 11.9 Å². The summed E-state index contributed by atoms with van der Waals surface area (Å²) < 4.78 is 22.7. The maximum Gasteiger partial charge on any atom is 0.344 e. The van der Waals surface area contributed by atoms with Crippen LogP contribution in [0.25, 0.3) is 0 Å². The smallest absolute Gasteiger partial charge is 0.344 e. The van der Waals surface area contributed by atoms with Gasteiger partial charge in [0.2, 0.25) is 0 Å². The number of hydrogen-bond acceptors (Lipinski definition) is 8. The SMILES string of the molecule is CCCOC(=O)COc1c2cccc1Cc1cccc(c1O)Cc1cccc(c1OCC(=O)OCCC)Cc1cccc(c1O)C2. The molecule has 0 amide bonds. The van der Waals surface area contributed by atoms with E-state index in [1.54, 1.807) is 0 Å². The number of aromatic hydroxyl groups is 2. The molecule has 0 atom stereocenters. The minimum atomic E-state index is -0.461. The third-order valence-electron chi connectivity index (χ3n) is 7.89. The Morgan fingerprint density at radius 2 is 0.804 bits per heavy atom. The van der Waals surface area contributed by atoms with Gasteiger partial charge in [-0.1, -0.05) is 86.6 Å². The van der Waals surface area contributed by atoms with Crippen molar-refractivity contribution < 1.29 is 38.7 Å². The van der Waals surface area contributed by atoms with E-state index in [-0.39, 0.29) is 24.7 Å². The Labute approximate surface area is 269 Å². The van der Waals surface area contributed by atoms with Crippen LogP contribution < -0.4 is 9.47 Å². The number of phenolic OH excluding ortho intramolecular Hbond substituents is 2. The standard InChI is InChI=1S/C38H40O8/c1-3-17-43-33(39)23-45-37-29-13-7-14-30(37)20-26-10-6-12-28(36(26)42)22-32-16-8-15-31(38(32)46-24-34(40)44-18-4-2)21-27-11-5-9-25(19-29)35(27)41/h5-16,41-42H,3-4,17-24H2,1-2H3. The van der Waals surface area contributed by atoms with Gasteiger partial charge in [-0.3, -0.25) is 0 Å². The fourth-order valence-corrected chi connectivity index (χ4v) is 5.66. The van der Waals surface area contributed by atoms with Crippen LogP contribution in [0.15, 0.2) is 72.8 Å². The molecule has 0 saturated carbocycles. The molecule has 0 aliphatic heterocycles. The zero-order valence-corrected chi connectivity index (χ0v) is 26.3. The molecule has 8 nitrogen and oxygen atoms in total. The molecular weight excluding hydrogens is 584 g/mol. The van der Waals surface area contributed by atoms with Crippen LogP contribution in [0.3, 0.4) is 0 Å². The van der Waals surface area contributed by atoms with E-state index in [0.29, 0.717) is 85.5 Å². The molecule has 8 heteroatoms. The molecule has 0 aromatic heterocycles. The number of benzene rings is 4. The second kappa shape index (κ2) is 15.3. The molecule has 0 heterocycles. The monoisotopic (exact) mass is 624 g/mol. The molecule has 0 unspecified atom stereocenters. The third-order valence-corrected chi connectivity index (χ3v) is 7.89. The number of ether oxygens (including phenoxy) is 4. The summed E-state index contributed by atoms with van der Waals surface area (Å²) >= 11 is 0. The van der Waals surface area contributed by atoms with Crippen molar-refractivity contribution in [1.82, 2.24) is 0 Å². The van der Waals surface area contributed by atoms with Gasteiger partial charge < -0.3 is 29.2 Å². The average Bonchev–Trinajstić information content (AvgIpc) is 3.05. The zero-order valence-electron chi connectivity index (χ0n) is 26.3. The molecule has 4 aromatic rings. The number of rotatable bonds is 10. The van der Waals surface area contributed by atoms with Gasteiger partial charge in [0.1, 0.15) is 23.0 Å². The summed E-state index contributed by atoms with van der Waals surface area (Å²) in [7, 11) is 0. The van der Waals surface area contributed by atoms with Crippen molar-refractivity contribution in [2.24, 2.45) is 0 Å². The van der Waals surface area contributed by atoms with Gasteiger partial charge in [-0.15, -0.1) is 0 Å². The summed E-state index contributed by atoms with van der Waals surface area (Å²) in [5, 5.41) is 23.0. The maximum absolute atomic E-state index is 12.4. The van der Waals surface area contributed by atoms with Crippen molar-refractivity contribution in [3.05, 3.63) is 117 Å². The Balaban J connectivity index is 1.60. The first kappa shape index (κ1) is 32.4. The Morgan fingerprint density at radius 3 is 1.09 bits per heavy atom. The van der Waals surface area contributed by atoms with Crippen molar-refractivity contribution in [3.63, 3.8) is 0 Å². The largest absolute Gasteiger partial charge is 0.507 e. The highest BCUT2D eigenvalue weighted by Crippen LogP contribution is 2.38. The molecule has 4 aromatic carbocycles. The summed E-state index contributed by atoms with van der Waals surface area (Å²) in [6.07, 6.45) is 2.78. The van der Waals surface area contributed by atoms with Crippen molar-refractivity contribution in [3.8, 4) is 23.0 Å². The minimum Gasteiger partial charge on any atom is -0.507 e. The van der Waals surface area contributed by atoms with E-state index in [2.05, 4.69) is 0 Å². The first-order valence-corrected chi connectivity index (χ1v) is 15.8. The fourth-order valence-electron chi connectivity index (χ4n) is 5.66. The second-order valence-corrected chi connectivity index (χ2v) is 11.4. The van der Waals surface area contributed by atoms with Gasteiger partial charge in [-0.05, 0) is 57.3 Å². The minimum absolute atomic E-state index is 0.148. The van der Waals surface area contributed by atoms with Crippen LogP contribution in [0, 0.1) is 0 Å². The van der Waals surface area contributed by atoms with Crippen LogP contribution in [0.4, 0.5) is 0 Å². The van der Waals surface area contributed by atoms with Crippen molar-refractivity contribution in [2.75, 3.05) is 26.4 Å². The van der Waals surface area contributed by atoms with Gasteiger partial charge in [0, 0.05) is 25.7 Å². The highest BCUT2D eigenvalue weighted by Gasteiger charge is 2.21. The van der Waals surface area contributed by atoms with E-state index < -0.39 is 11.9 Å². The Kier molecular flexibility index (Phi) is 10.8. The molecule has 0 spiro atoms. The number of carbonyl (C=O) groups is 2. The van der Waals surface area contributed by atoms with Crippen LogP contribution >= 0.6 is 0 Å². The van der Waals surface area contributed by atoms with E-state index >= 15 is 0 Å². The first-order valence-electron chi connectivity index (χ1n) is 15.8. The molecule has 2 N–H and O–H groups in total. The molecule has 8 bridgehead atoms. The number of hydrogen-bond donors (Lipinski definition) is 2. The molecule has 46 heavy (non-hydrogen) atoms. The molecule has 240 valence electrons. The van der Waals surface area contributed by atoms with Crippen LogP contribution in [-0.4, -0.2) is 48.6 Å². The summed E-state index contributed by atoms with van der Waals surface area (Å²) in [6, 6.07) is 22.7. The highest BCUT2D eigenvalue weighted by atomic mass is 16.6. The Bertz CT molecular complexity index is 1480. The van der Waals surface area contributed by atoms with Crippen LogP contribution in [0.2, 0.25) is 0 Å². The number of fused-ring (bicyclic) bond motifs is 8. The normalized spacial score (nSPS) is 12.2. The first-order chi connectivity index (χ1) is 22.4. The van der Waals surface area contributed by atoms with E-state index in [4.69, 9.17) is 18.9 Å². The van der Waals surface area contributed by atoms with Crippen molar-refractivity contribution in [2.45, 2.75) is 52.4 Å². The predicted molar refractivity (Wildman–Crippen MR) is 174 cm³/mol. The number of carbonyl (C=O) groups excluding carboxylic acids is 2. The summed E-state index contributed by atoms with van der Waals surface area (Å²) in [4.78, 5) is 24.8. The maximum atomic E-state index is 12.4. The van der Waals surface area contributed by atoms with E-state index in [1.807, 2.05) is 86.6 Å². The Morgan fingerprint density at radius 1 is 0.522 bits per heavy atom. The summed E-state index contributed by atoms with van der Waals surface area (Å²) in [5.41, 5.74) is 5.89. The second-order valence-electron chi connectivity index (χ2n) is 11.4. The highest BCUT2D eigenvalue weighted by molar-refractivity contribution is 5.72. The van der Waals surface area contributed by atoms with Crippen LogP contribution in [0.5, 0.6) is 23.0 Å². The zero-order chi connectivity index (χ0) is 32.5. The predicted octanol–water partition coefficient (Wildman–Crippen LogP) is 6.44. The number of para-hydroxylation sites is 4. The summed E-state index contributed by atoms with van der Waals surface area (Å²) in [5.74, 6) is 0.418. The molecule has 0 fully saturated rings. The summed E-state index contributed by atoms with van der Waals surface area (Å²) in [6.45, 7) is 3.97. The van der Waals surface area contributed by atoms with Gasteiger partial charge in [-0.2, -0.15) is 0 Å². The lowest BCUT2D eigenvalue weighted by Gasteiger charge is -2.20. The topological polar surface area (TPSA) is 112 Å². The van der Waals surface area contributed by atoms with E-state index in [9.17, 15) is 19.8 Å². The average molecular weight is 625 g/mol. The van der Waals surface area contributed by atoms with Gasteiger partial charge in [0.15, 0.2) is 13.2 Å². The molecular formula is C38H40O8. The van der Waals surface area contributed by atoms with Crippen LogP contribution in [0.1, 0.15) is 71.2 Å². The molecule has 0 radical (unpaired) electrons. The Hall–Kier alpha value is -4.98. The van der Waals surface area contributed by atoms with Crippen LogP contribution in [-0.2, 0) is 44.7 Å². The fraction of sp³-hybridized carbons (Fsp3) is 0.316. The van der Waals surface area contributed by atoms with Gasteiger partial charge in [-0.25, -0.2) is 9.59 Å². The van der Waals surface area contributed by atoms with E-state index in [0.717, 1.165) is 22.3 Å². The van der Waals surface area contributed by atoms with Crippen molar-refractivity contribution in [1.29, 1.82) is 0 Å². The number of phenols is 2.